The molecule has 1 aliphatic heterocycles. The zero-order chi connectivity index (χ0) is 13.8. The van der Waals surface area contributed by atoms with Crippen LogP contribution >= 0.6 is 0 Å². The second kappa shape index (κ2) is 6.48. The summed E-state index contributed by atoms with van der Waals surface area (Å²) < 4.78 is 19.0. The quantitative estimate of drug-likeness (QED) is 0.736. The molecule has 1 aromatic rings. The minimum atomic E-state index is -1.62. The summed E-state index contributed by atoms with van der Waals surface area (Å²) >= 11 is 0. The van der Waals surface area contributed by atoms with E-state index in [0.717, 1.165) is 26.1 Å². The standard InChI is InChI=1S/C13H19BFNO3/c1-19-9-10-4-5-16(7-10)8-11-2-3-12(14(17)18)6-13(11)15/h2-3,6,10,17-18H,4-5,7-9H2,1H3. The van der Waals surface area contributed by atoms with Crippen LogP contribution in [-0.4, -0.2) is 48.9 Å². The number of hydrogen-bond donors (Lipinski definition) is 2. The molecule has 1 heterocycles. The van der Waals surface area contributed by atoms with Gasteiger partial charge >= 0.3 is 7.12 Å². The van der Waals surface area contributed by atoms with Crippen LogP contribution in [0.2, 0.25) is 0 Å². The monoisotopic (exact) mass is 267 g/mol. The van der Waals surface area contributed by atoms with Gasteiger partial charge in [-0.1, -0.05) is 12.1 Å². The molecule has 0 saturated carbocycles. The minimum absolute atomic E-state index is 0.180. The van der Waals surface area contributed by atoms with Crippen molar-refractivity contribution in [2.75, 3.05) is 26.8 Å². The average molecular weight is 267 g/mol. The fourth-order valence-corrected chi connectivity index (χ4v) is 2.52. The summed E-state index contributed by atoms with van der Waals surface area (Å²) in [6.07, 6.45) is 1.07. The Morgan fingerprint density at radius 2 is 2.26 bits per heavy atom. The van der Waals surface area contributed by atoms with E-state index in [1.807, 2.05) is 0 Å². The lowest BCUT2D eigenvalue weighted by molar-refractivity contribution is 0.152. The van der Waals surface area contributed by atoms with Crippen LogP contribution in [0, 0.1) is 11.7 Å². The maximum atomic E-state index is 13.8. The van der Waals surface area contributed by atoms with E-state index in [0.29, 0.717) is 18.0 Å². The lowest BCUT2D eigenvalue weighted by Gasteiger charge is -2.16. The first-order valence-corrected chi connectivity index (χ1v) is 6.46. The molecular weight excluding hydrogens is 248 g/mol. The van der Waals surface area contributed by atoms with E-state index >= 15 is 0 Å². The highest BCUT2D eigenvalue weighted by atomic mass is 19.1. The van der Waals surface area contributed by atoms with Gasteiger partial charge in [0.15, 0.2) is 0 Å². The molecule has 1 aromatic carbocycles. The van der Waals surface area contributed by atoms with Gasteiger partial charge in [0, 0.05) is 25.8 Å². The Balaban J connectivity index is 1.96. The maximum Gasteiger partial charge on any atom is 0.488 e. The van der Waals surface area contributed by atoms with E-state index in [1.165, 1.54) is 6.07 Å². The van der Waals surface area contributed by atoms with E-state index in [2.05, 4.69) is 4.90 Å². The number of ether oxygens (including phenoxy) is 1. The highest BCUT2D eigenvalue weighted by Crippen LogP contribution is 2.19. The van der Waals surface area contributed by atoms with Crippen LogP contribution in [0.4, 0.5) is 4.39 Å². The van der Waals surface area contributed by atoms with Gasteiger partial charge in [-0.05, 0) is 30.4 Å². The molecule has 0 radical (unpaired) electrons. The molecule has 1 saturated heterocycles. The molecule has 4 nitrogen and oxygen atoms in total. The molecule has 104 valence electrons. The van der Waals surface area contributed by atoms with Gasteiger partial charge in [-0.3, -0.25) is 4.90 Å². The molecule has 0 aromatic heterocycles. The Kier molecular flexibility index (Phi) is 4.93. The lowest BCUT2D eigenvalue weighted by Crippen LogP contribution is -2.30. The van der Waals surface area contributed by atoms with E-state index in [1.54, 1.807) is 19.2 Å². The molecule has 0 amide bonds. The van der Waals surface area contributed by atoms with Crippen LogP contribution in [0.5, 0.6) is 0 Å². The van der Waals surface area contributed by atoms with E-state index in [4.69, 9.17) is 14.8 Å². The van der Waals surface area contributed by atoms with Crippen molar-refractivity contribution >= 4 is 12.6 Å². The molecule has 2 N–H and O–H groups in total. The molecule has 0 spiro atoms. The van der Waals surface area contributed by atoms with Crippen molar-refractivity contribution in [1.82, 2.24) is 4.90 Å². The van der Waals surface area contributed by atoms with Gasteiger partial charge in [0.1, 0.15) is 5.82 Å². The third-order valence-electron chi connectivity index (χ3n) is 3.54. The van der Waals surface area contributed by atoms with Crippen molar-refractivity contribution in [3.63, 3.8) is 0 Å². The van der Waals surface area contributed by atoms with Gasteiger partial charge in [-0.2, -0.15) is 0 Å². The van der Waals surface area contributed by atoms with E-state index < -0.39 is 7.12 Å². The zero-order valence-corrected chi connectivity index (χ0v) is 11.1. The van der Waals surface area contributed by atoms with Crippen molar-refractivity contribution in [3.8, 4) is 0 Å². The number of nitrogens with zero attached hydrogens (tertiary/aromatic N) is 1. The number of hydrogen-bond acceptors (Lipinski definition) is 4. The predicted octanol–water partition coefficient (Wildman–Crippen LogP) is -0.0262. The zero-order valence-electron chi connectivity index (χ0n) is 11.1. The molecule has 1 unspecified atom stereocenters. The average Bonchev–Trinajstić information content (AvgIpc) is 2.79. The first-order valence-electron chi connectivity index (χ1n) is 6.46. The smallest absolute Gasteiger partial charge is 0.423 e. The molecule has 1 fully saturated rings. The normalized spacial score (nSPS) is 19.9. The number of rotatable bonds is 5. The molecular formula is C13H19BFNO3. The summed E-state index contributed by atoms with van der Waals surface area (Å²) in [5, 5.41) is 18.0. The number of methoxy groups -OCH3 is 1. The van der Waals surface area contributed by atoms with Crippen molar-refractivity contribution in [1.29, 1.82) is 0 Å². The fourth-order valence-electron chi connectivity index (χ4n) is 2.52. The lowest BCUT2D eigenvalue weighted by atomic mass is 9.80. The SMILES string of the molecule is COCC1CCN(Cc2ccc(B(O)O)cc2F)C1. The Hall–Kier alpha value is -0.945. The first kappa shape index (κ1) is 14.5. The Bertz CT molecular complexity index is 430. The van der Waals surface area contributed by atoms with Crippen LogP contribution in [-0.2, 0) is 11.3 Å². The van der Waals surface area contributed by atoms with Gasteiger partial charge in [-0.15, -0.1) is 0 Å². The second-order valence-electron chi connectivity index (χ2n) is 5.07. The molecule has 1 atom stereocenters. The molecule has 2 rings (SSSR count). The third-order valence-corrected chi connectivity index (χ3v) is 3.54. The molecule has 6 heteroatoms. The Labute approximate surface area is 113 Å². The number of likely N-dealkylation sites (tertiary alicyclic amines) is 1. The third kappa shape index (κ3) is 3.76. The van der Waals surface area contributed by atoms with Gasteiger partial charge in [0.25, 0.3) is 0 Å². The number of benzene rings is 1. The van der Waals surface area contributed by atoms with Crippen LogP contribution < -0.4 is 5.46 Å². The summed E-state index contributed by atoms with van der Waals surface area (Å²) in [5.74, 6) is 0.132. The first-order chi connectivity index (χ1) is 9.10. The highest BCUT2D eigenvalue weighted by molar-refractivity contribution is 6.58. The van der Waals surface area contributed by atoms with Crippen LogP contribution in [0.25, 0.3) is 0 Å². The van der Waals surface area contributed by atoms with Crippen molar-refractivity contribution < 1.29 is 19.2 Å². The topological polar surface area (TPSA) is 52.9 Å². The van der Waals surface area contributed by atoms with E-state index in [9.17, 15) is 4.39 Å². The van der Waals surface area contributed by atoms with Gasteiger partial charge < -0.3 is 14.8 Å². The van der Waals surface area contributed by atoms with Gasteiger partial charge in [0.2, 0.25) is 0 Å². The van der Waals surface area contributed by atoms with Crippen LogP contribution in [0.15, 0.2) is 18.2 Å². The summed E-state index contributed by atoms with van der Waals surface area (Å²) in [5.41, 5.74) is 0.766. The van der Waals surface area contributed by atoms with Crippen molar-refractivity contribution in [2.45, 2.75) is 13.0 Å². The van der Waals surface area contributed by atoms with Crippen molar-refractivity contribution in [3.05, 3.63) is 29.6 Å². The second-order valence-corrected chi connectivity index (χ2v) is 5.07. The van der Waals surface area contributed by atoms with Gasteiger partial charge in [-0.25, -0.2) is 4.39 Å². The molecule has 1 aliphatic rings. The summed E-state index contributed by atoms with van der Waals surface area (Å²) in [6.45, 7) is 3.15. The van der Waals surface area contributed by atoms with Crippen molar-refractivity contribution in [2.24, 2.45) is 5.92 Å². The van der Waals surface area contributed by atoms with Crippen LogP contribution in [0.3, 0.4) is 0 Å². The Morgan fingerprint density at radius 1 is 1.47 bits per heavy atom. The van der Waals surface area contributed by atoms with Gasteiger partial charge in [0.05, 0.1) is 6.61 Å². The maximum absolute atomic E-state index is 13.8. The van der Waals surface area contributed by atoms with E-state index in [-0.39, 0.29) is 11.3 Å². The minimum Gasteiger partial charge on any atom is -0.423 e. The molecule has 19 heavy (non-hydrogen) atoms. The fraction of sp³-hybridized carbons (Fsp3) is 0.538. The summed E-state index contributed by atoms with van der Waals surface area (Å²) in [7, 11) is 0.0720. The predicted molar refractivity (Wildman–Crippen MR) is 71.5 cm³/mol. The largest absolute Gasteiger partial charge is 0.488 e. The molecule has 0 aliphatic carbocycles. The Morgan fingerprint density at radius 3 is 2.89 bits per heavy atom. The summed E-state index contributed by atoms with van der Waals surface area (Å²) in [4.78, 5) is 2.19. The van der Waals surface area contributed by atoms with Crippen LogP contribution in [0.1, 0.15) is 12.0 Å². The summed E-state index contributed by atoms with van der Waals surface area (Å²) in [6, 6.07) is 4.35. The highest BCUT2D eigenvalue weighted by Gasteiger charge is 2.23. The molecule has 0 bridgehead atoms. The number of halogens is 1.